The van der Waals surface area contributed by atoms with Crippen molar-refractivity contribution in [3.8, 4) is 5.75 Å². The molecule has 0 aliphatic carbocycles. The summed E-state index contributed by atoms with van der Waals surface area (Å²) in [6, 6.07) is 24.2. The van der Waals surface area contributed by atoms with E-state index in [2.05, 4.69) is 16.0 Å². The maximum absolute atomic E-state index is 12.0. The van der Waals surface area contributed by atoms with Gasteiger partial charge in [0.15, 0.2) is 0 Å². The lowest BCUT2D eigenvalue weighted by molar-refractivity contribution is 0.262. The Bertz CT molecular complexity index is 816. The SMILES string of the molecule is COc1ccc(Nc2ccc(NC(=O)Nc3ccccc3)cc2)cc1. The largest absolute Gasteiger partial charge is 0.497 e. The van der Waals surface area contributed by atoms with Gasteiger partial charge in [0, 0.05) is 22.7 Å². The maximum atomic E-state index is 12.0. The Morgan fingerprint density at radius 1 is 0.680 bits per heavy atom. The Kier molecular flexibility index (Phi) is 5.16. The summed E-state index contributed by atoms with van der Waals surface area (Å²) < 4.78 is 5.14. The molecule has 3 N–H and O–H groups in total. The van der Waals surface area contributed by atoms with E-state index in [0.717, 1.165) is 22.8 Å². The Balaban J connectivity index is 1.57. The number of urea groups is 1. The number of para-hydroxylation sites is 1. The average Bonchev–Trinajstić information content (AvgIpc) is 2.65. The van der Waals surface area contributed by atoms with E-state index < -0.39 is 0 Å². The second-order valence-corrected chi connectivity index (χ2v) is 5.38. The summed E-state index contributed by atoms with van der Waals surface area (Å²) in [5.41, 5.74) is 3.36. The van der Waals surface area contributed by atoms with Crippen molar-refractivity contribution in [3.63, 3.8) is 0 Å². The van der Waals surface area contributed by atoms with Crippen molar-refractivity contribution in [2.24, 2.45) is 0 Å². The Labute approximate surface area is 146 Å². The minimum absolute atomic E-state index is 0.276. The van der Waals surface area contributed by atoms with Crippen LogP contribution in [0.5, 0.6) is 5.75 Å². The number of hydrogen-bond donors (Lipinski definition) is 3. The molecule has 126 valence electrons. The molecule has 3 rings (SSSR count). The van der Waals surface area contributed by atoms with Gasteiger partial charge in [-0.2, -0.15) is 0 Å². The fourth-order valence-corrected chi connectivity index (χ4v) is 2.29. The summed E-state index contributed by atoms with van der Waals surface area (Å²) in [7, 11) is 1.64. The molecule has 0 saturated heterocycles. The van der Waals surface area contributed by atoms with E-state index in [1.54, 1.807) is 7.11 Å². The molecule has 5 heteroatoms. The predicted octanol–water partition coefficient (Wildman–Crippen LogP) is 5.08. The van der Waals surface area contributed by atoms with Crippen LogP contribution in [0, 0.1) is 0 Å². The second kappa shape index (κ2) is 7.88. The summed E-state index contributed by atoms with van der Waals surface area (Å²) in [6.45, 7) is 0. The van der Waals surface area contributed by atoms with Crippen LogP contribution in [0.1, 0.15) is 0 Å². The van der Waals surface area contributed by atoms with Crippen LogP contribution in [0.2, 0.25) is 0 Å². The standard InChI is InChI=1S/C20H19N3O2/c1-25-19-13-11-17(12-14-19)21-16-7-9-18(10-8-16)23-20(24)22-15-5-3-2-4-6-15/h2-14,21H,1H3,(H2,22,23,24). The molecular weight excluding hydrogens is 314 g/mol. The lowest BCUT2D eigenvalue weighted by atomic mass is 10.2. The van der Waals surface area contributed by atoms with Crippen LogP contribution >= 0.6 is 0 Å². The lowest BCUT2D eigenvalue weighted by Gasteiger charge is -2.10. The predicted molar refractivity (Wildman–Crippen MR) is 102 cm³/mol. The molecule has 0 saturated carbocycles. The number of carbonyl (C=O) groups is 1. The molecule has 0 aliphatic heterocycles. The summed E-state index contributed by atoms with van der Waals surface area (Å²) >= 11 is 0. The number of amides is 2. The zero-order valence-corrected chi connectivity index (χ0v) is 13.8. The van der Waals surface area contributed by atoms with E-state index in [1.165, 1.54) is 0 Å². The normalized spacial score (nSPS) is 9.96. The zero-order valence-electron chi connectivity index (χ0n) is 13.8. The van der Waals surface area contributed by atoms with Gasteiger partial charge in [-0.05, 0) is 60.7 Å². The molecule has 0 fully saturated rings. The summed E-state index contributed by atoms with van der Waals surface area (Å²) in [4.78, 5) is 12.0. The highest BCUT2D eigenvalue weighted by Crippen LogP contribution is 2.21. The third-order valence-corrected chi connectivity index (χ3v) is 3.55. The zero-order chi connectivity index (χ0) is 17.5. The van der Waals surface area contributed by atoms with E-state index in [1.807, 2.05) is 78.9 Å². The smallest absolute Gasteiger partial charge is 0.323 e. The molecule has 0 atom stereocenters. The number of hydrogen-bond acceptors (Lipinski definition) is 3. The van der Waals surface area contributed by atoms with Crippen molar-refractivity contribution in [1.29, 1.82) is 0 Å². The van der Waals surface area contributed by atoms with E-state index in [4.69, 9.17) is 4.74 Å². The molecule has 0 bridgehead atoms. The summed E-state index contributed by atoms with van der Waals surface area (Å²) in [5, 5.41) is 8.87. The van der Waals surface area contributed by atoms with Crippen molar-refractivity contribution >= 4 is 28.8 Å². The van der Waals surface area contributed by atoms with Gasteiger partial charge in [-0.15, -0.1) is 0 Å². The first-order valence-corrected chi connectivity index (χ1v) is 7.87. The van der Waals surface area contributed by atoms with Gasteiger partial charge in [0.25, 0.3) is 0 Å². The molecule has 5 nitrogen and oxygen atoms in total. The van der Waals surface area contributed by atoms with Gasteiger partial charge in [-0.25, -0.2) is 4.79 Å². The van der Waals surface area contributed by atoms with Gasteiger partial charge in [0.05, 0.1) is 7.11 Å². The van der Waals surface area contributed by atoms with Crippen LogP contribution in [0.3, 0.4) is 0 Å². The second-order valence-electron chi connectivity index (χ2n) is 5.38. The summed E-state index contributed by atoms with van der Waals surface area (Å²) in [5.74, 6) is 0.814. The molecule has 0 heterocycles. The van der Waals surface area contributed by atoms with E-state index >= 15 is 0 Å². The molecule has 0 radical (unpaired) electrons. The first kappa shape index (κ1) is 16.4. The lowest BCUT2D eigenvalue weighted by Crippen LogP contribution is -2.19. The Morgan fingerprint density at radius 3 is 1.72 bits per heavy atom. The molecule has 0 aromatic heterocycles. The number of methoxy groups -OCH3 is 1. The van der Waals surface area contributed by atoms with Crippen molar-refractivity contribution in [2.75, 3.05) is 23.1 Å². The number of carbonyl (C=O) groups excluding carboxylic acids is 1. The molecule has 3 aromatic carbocycles. The van der Waals surface area contributed by atoms with Crippen molar-refractivity contribution in [2.45, 2.75) is 0 Å². The number of rotatable bonds is 5. The molecule has 3 aromatic rings. The van der Waals surface area contributed by atoms with Gasteiger partial charge >= 0.3 is 6.03 Å². The average molecular weight is 333 g/mol. The third kappa shape index (κ3) is 4.75. The van der Waals surface area contributed by atoms with Crippen molar-refractivity contribution in [1.82, 2.24) is 0 Å². The van der Waals surface area contributed by atoms with Gasteiger partial charge in [-0.1, -0.05) is 18.2 Å². The topological polar surface area (TPSA) is 62.4 Å². The minimum Gasteiger partial charge on any atom is -0.497 e. The monoisotopic (exact) mass is 333 g/mol. The Morgan fingerprint density at radius 2 is 1.16 bits per heavy atom. The van der Waals surface area contributed by atoms with Crippen LogP contribution in [0.25, 0.3) is 0 Å². The molecule has 0 unspecified atom stereocenters. The van der Waals surface area contributed by atoms with Crippen LogP contribution in [0.15, 0.2) is 78.9 Å². The third-order valence-electron chi connectivity index (χ3n) is 3.55. The van der Waals surface area contributed by atoms with Crippen molar-refractivity contribution < 1.29 is 9.53 Å². The van der Waals surface area contributed by atoms with Crippen LogP contribution in [0.4, 0.5) is 27.5 Å². The van der Waals surface area contributed by atoms with Gasteiger partial charge in [-0.3, -0.25) is 0 Å². The Hall–Kier alpha value is -3.47. The van der Waals surface area contributed by atoms with E-state index in [-0.39, 0.29) is 6.03 Å². The van der Waals surface area contributed by atoms with Gasteiger partial charge in [0.1, 0.15) is 5.75 Å². The highest BCUT2D eigenvalue weighted by atomic mass is 16.5. The van der Waals surface area contributed by atoms with Crippen LogP contribution in [-0.4, -0.2) is 13.1 Å². The van der Waals surface area contributed by atoms with Gasteiger partial charge < -0.3 is 20.7 Å². The number of ether oxygens (including phenoxy) is 1. The molecule has 0 spiro atoms. The molecule has 25 heavy (non-hydrogen) atoms. The van der Waals surface area contributed by atoms with E-state index in [9.17, 15) is 4.79 Å². The van der Waals surface area contributed by atoms with E-state index in [0.29, 0.717) is 5.69 Å². The fraction of sp³-hybridized carbons (Fsp3) is 0.0500. The summed E-state index contributed by atoms with van der Waals surface area (Å²) in [6.07, 6.45) is 0. The first-order chi connectivity index (χ1) is 12.2. The molecular formula is C20H19N3O2. The molecule has 0 aliphatic rings. The fourth-order valence-electron chi connectivity index (χ4n) is 2.29. The molecule has 2 amide bonds. The highest BCUT2D eigenvalue weighted by Gasteiger charge is 2.02. The van der Waals surface area contributed by atoms with Crippen LogP contribution in [-0.2, 0) is 0 Å². The van der Waals surface area contributed by atoms with Gasteiger partial charge in [0.2, 0.25) is 0 Å². The quantitative estimate of drug-likeness (QED) is 0.610. The first-order valence-electron chi connectivity index (χ1n) is 7.87. The minimum atomic E-state index is -0.276. The number of anilines is 4. The maximum Gasteiger partial charge on any atom is 0.323 e. The number of nitrogens with one attached hydrogen (secondary N) is 3. The van der Waals surface area contributed by atoms with Crippen LogP contribution < -0.4 is 20.7 Å². The number of benzene rings is 3. The highest BCUT2D eigenvalue weighted by molar-refractivity contribution is 5.99. The van der Waals surface area contributed by atoms with Crippen molar-refractivity contribution in [3.05, 3.63) is 78.9 Å².